The molecule has 46 heavy (non-hydrogen) atoms. The number of aliphatic hydroxyl groups excluding tert-OH is 2. The van der Waals surface area contributed by atoms with Crippen LogP contribution in [0, 0.1) is 23.7 Å². The zero-order valence-corrected chi connectivity index (χ0v) is 28.9. The van der Waals surface area contributed by atoms with Crippen molar-refractivity contribution in [2.75, 3.05) is 26.7 Å². The third kappa shape index (κ3) is 11.5. The van der Waals surface area contributed by atoms with E-state index in [4.69, 9.17) is 19.9 Å². The number of rotatable bonds is 9. The molecular weight excluding hydrogens is 602 g/mol. The summed E-state index contributed by atoms with van der Waals surface area (Å²) in [5.74, 6) is -4.08. The van der Waals surface area contributed by atoms with Crippen LogP contribution in [0.5, 0.6) is 0 Å². The molecule has 0 aromatic heterocycles. The zero-order chi connectivity index (χ0) is 35.4. The van der Waals surface area contributed by atoms with Gasteiger partial charge >= 0.3 is 18.1 Å². The molecule has 15 nitrogen and oxygen atoms in total. The minimum Gasteiger partial charge on any atom is -0.459 e. The van der Waals surface area contributed by atoms with E-state index in [-0.39, 0.29) is 38.5 Å². The first-order chi connectivity index (χ1) is 21.3. The number of carbonyl (C=O) groups is 3. The van der Waals surface area contributed by atoms with Crippen molar-refractivity contribution in [1.82, 2.24) is 16.0 Å². The van der Waals surface area contributed by atoms with Crippen LogP contribution in [0.25, 0.3) is 0 Å². The standard InChI is InChI=1S/C31H59N5O10/c1-10-15-44-25-19(5)23(46-29(41)35-14-12-13-34-27(32)36-28(40)33-9)20(6)26(39)45-21(11-2)31(8,43)24(38)18(4)22(37)17(3)16-30(25,7)42/h17-25,37-38,42-43H,10-16H2,1-9H3,(H,35,41)(H4,32,33,34,36,40)/t17-,18+,19+,20-,21-,22+,23+,24-,25-,30-,31-/m1/s1. The Morgan fingerprint density at radius 2 is 1.74 bits per heavy atom. The molecule has 0 unspecified atom stereocenters. The highest BCUT2D eigenvalue weighted by molar-refractivity contribution is 5.95. The fourth-order valence-electron chi connectivity index (χ4n) is 6.15. The Kier molecular flexibility index (Phi) is 16.7. The lowest BCUT2D eigenvalue weighted by molar-refractivity contribution is -0.204. The quantitative estimate of drug-likeness (QED) is 0.0751. The molecule has 0 bridgehead atoms. The predicted molar refractivity (Wildman–Crippen MR) is 172 cm³/mol. The van der Waals surface area contributed by atoms with E-state index in [0.29, 0.717) is 12.8 Å². The Morgan fingerprint density at radius 1 is 1.11 bits per heavy atom. The largest absolute Gasteiger partial charge is 0.459 e. The number of ether oxygens (including phenoxy) is 3. The Bertz CT molecular complexity index is 1010. The second-order valence-electron chi connectivity index (χ2n) is 13.0. The van der Waals surface area contributed by atoms with Gasteiger partial charge < -0.3 is 51.0 Å². The summed E-state index contributed by atoms with van der Waals surface area (Å²) < 4.78 is 17.7. The lowest BCUT2D eigenvalue weighted by Gasteiger charge is -2.45. The number of aliphatic imine (C=N–C) groups is 1. The highest BCUT2D eigenvalue weighted by Gasteiger charge is 2.50. The van der Waals surface area contributed by atoms with Crippen LogP contribution in [0.3, 0.4) is 0 Å². The van der Waals surface area contributed by atoms with Gasteiger partial charge in [0.2, 0.25) is 0 Å². The van der Waals surface area contributed by atoms with Crippen molar-refractivity contribution >= 4 is 24.1 Å². The van der Waals surface area contributed by atoms with Crippen molar-refractivity contribution in [3.63, 3.8) is 0 Å². The molecule has 0 aliphatic carbocycles. The number of urea groups is 1. The number of alkyl carbamates (subject to hydrolysis) is 1. The van der Waals surface area contributed by atoms with Crippen LogP contribution in [-0.4, -0.2) is 113 Å². The molecular formula is C31H59N5O10. The van der Waals surface area contributed by atoms with E-state index in [1.54, 1.807) is 34.6 Å². The molecule has 15 heteroatoms. The average Bonchev–Trinajstić information content (AvgIpc) is 2.99. The Labute approximate surface area is 273 Å². The van der Waals surface area contributed by atoms with Crippen LogP contribution in [0.2, 0.25) is 0 Å². The number of cyclic esters (lactones) is 1. The molecule has 268 valence electrons. The summed E-state index contributed by atoms with van der Waals surface area (Å²) in [4.78, 5) is 41.9. The summed E-state index contributed by atoms with van der Waals surface area (Å²) in [6.45, 7) is 13.7. The molecule has 1 aliphatic rings. The third-order valence-electron chi connectivity index (χ3n) is 8.81. The van der Waals surface area contributed by atoms with Crippen LogP contribution >= 0.6 is 0 Å². The van der Waals surface area contributed by atoms with Crippen LogP contribution in [-0.2, 0) is 19.0 Å². The molecule has 11 atom stereocenters. The van der Waals surface area contributed by atoms with Gasteiger partial charge in [-0.15, -0.1) is 0 Å². The van der Waals surface area contributed by atoms with Gasteiger partial charge in [-0.3, -0.25) is 15.1 Å². The molecule has 0 saturated carbocycles. The van der Waals surface area contributed by atoms with Gasteiger partial charge in [-0.25, -0.2) is 9.59 Å². The Balaban J connectivity index is 3.39. The highest BCUT2D eigenvalue weighted by Crippen LogP contribution is 2.37. The Hall–Kier alpha value is -2.72. The maximum absolute atomic E-state index is 13.6. The second-order valence-corrected chi connectivity index (χ2v) is 13.0. The zero-order valence-electron chi connectivity index (χ0n) is 28.9. The number of hydrogen-bond donors (Lipinski definition) is 8. The van der Waals surface area contributed by atoms with Crippen LogP contribution < -0.4 is 21.7 Å². The molecule has 0 aromatic rings. The first-order valence-electron chi connectivity index (χ1n) is 16.2. The van der Waals surface area contributed by atoms with Gasteiger partial charge in [-0.2, -0.15) is 0 Å². The first kappa shape index (κ1) is 41.3. The van der Waals surface area contributed by atoms with Crippen LogP contribution in [0.15, 0.2) is 4.99 Å². The van der Waals surface area contributed by atoms with E-state index in [9.17, 15) is 34.8 Å². The SMILES string of the molecule is CCCO[C@@H]1[C@@H](C)[C@H](OC(=O)NCCCN=C(N)NC(=O)NC)[C@@H](C)C(=O)O[C@H](CC)[C@@](C)(O)[C@H](O)[C@@H](C)[C@@H](O)[C@H](C)C[C@@]1(C)O. The Morgan fingerprint density at radius 3 is 2.30 bits per heavy atom. The molecule has 0 spiro atoms. The minimum absolute atomic E-state index is 0.0411. The van der Waals surface area contributed by atoms with Crippen LogP contribution in [0.1, 0.15) is 81.1 Å². The van der Waals surface area contributed by atoms with Crippen molar-refractivity contribution < 1.29 is 49.0 Å². The van der Waals surface area contributed by atoms with E-state index in [1.165, 1.54) is 20.9 Å². The average molecular weight is 662 g/mol. The first-order valence-corrected chi connectivity index (χ1v) is 16.2. The van der Waals surface area contributed by atoms with E-state index in [2.05, 4.69) is 20.9 Å². The number of carbonyl (C=O) groups excluding carboxylic acids is 3. The summed E-state index contributed by atoms with van der Waals surface area (Å²) in [5, 5.41) is 52.9. The molecule has 0 aromatic carbocycles. The summed E-state index contributed by atoms with van der Waals surface area (Å²) >= 11 is 0. The number of hydrogen-bond acceptors (Lipinski definition) is 11. The number of aliphatic hydroxyl groups is 4. The monoisotopic (exact) mass is 661 g/mol. The van der Waals surface area contributed by atoms with Crippen molar-refractivity contribution in [1.29, 1.82) is 0 Å². The van der Waals surface area contributed by atoms with Gasteiger partial charge in [0.1, 0.15) is 17.8 Å². The summed E-state index contributed by atoms with van der Waals surface area (Å²) in [6, 6.07) is -0.515. The molecule has 3 amide bonds. The number of amides is 3. The minimum atomic E-state index is -1.93. The van der Waals surface area contributed by atoms with E-state index in [0.717, 1.165) is 0 Å². The van der Waals surface area contributed by atoms with Crippen LogP contribution in [0.4, 0.5) is 9.59 Å². The molecule has 1 saturated heterocycles. The van der Waals surface area contributed by atoms with Crippen molar-refractivity contribution in [3.05, 3.63) is 0 Å². The molecule has 1 aliphatic heterocycles. The number of guanidine groups is 1. The molecule has 1 fully saturated rings. The summed E-state index contributed by atoms with van der Waals surface area (Å²) in [6.07, 6.45) is -5.50. The maximum Gasteiger partial charge on any atom is 0.407 e. The van der Waals surface area contributed by atoms with Gasteiger partial charge in [-0.1, -0.05) is 34.6 Å². The molecule has 1 heterocycles. The lowest BCUT2D eigenvalue weighted by Crippen LogP contribution is -2.58. The van der Waals surface area contributed by atoms with Crippen molar-refractivity contribution in [3.8, 4) is 0 Å². The predicted octanol–water partition coefficient (Wildman–Crippen LogP) is 1.00. The number of esters is 1. The number of nitrogens with two attached hydrogens (primary N) is 1. The molecule has 1 rings (SSSR count). The summed E-state index contributed by atoms with van der Waals surface area (Å²) in [5.41, 5.74) is 2.14. The number of nitrogens with zero attached hydrogens (tertiary/aromatic N) is 1. The van der Waals surface area contributed by atoms with Gasteiger partial charge in [0, 0.05) is 38.6 Å². The topological polar surface area (TPSA) is 234 Å². The molecule has 9 N–H and O–H groups in total. The van der Waals surface area contributed by atoms with Gasteiger partial charge in [0.25, 0.3) is 0 Å². The van der Waals surface area contributed by atoms with Gasteiger partial charge in [-0.05, 0) is 52.4 Å². The molecule has 0 radical (unpaired) electrons. The van der Waals surface area contributed by atoms with E-state index < -0.39 is 83.5 Å². The third-order valence-corrected chi connectivity index (χ3v) is 8.81. The smallest absolute Gasteiger partial charge is 0.407 e. The summed E-state index contributed by atoms with van der Waals surface area (Å²) in [7, 11) is 1.44. The van der Waals surface area contributed by atoms with E-state index in [1.807, 2.05) is 6.92 Å². The fourth-order valence-corrected chi connectivity index (χ4v) is 6.15. The normalized spacial score (nSPS) is 36.6. The van der Waals surface area contributed by atoms with Gasteiger partial charge in [0.15, 0.2) is 5.96 Å². The fraction of sp³-hybridized carbons (Fsp3) is 0.871. The lowest BCUT2D eigenvalue weighted by atomic mass is 9.73. The van der Waals surface area contributed by atoms with Gasteiger partial charge in [0.05, 0.1) is 29.8 Å². The highest BCUT2D eigenvalue weighted by atomic mass is 16.6. The van der Waals surface area contributed by atoms with E-state index >= 15 is 0 Å². The van der Waals surface area contributed by atoms with Crippen molar-refractivity contribution in [2.24, 2.45) is 34.4 Å². The second kappa shape index (κ2) is 18.6. The maximum atomic E-state index is 13.6. The number of nitrogens with one attached hydrogen (secondary N) is 3. The van der Waals surface area contributed by atoms with Crippen molar-refractivity contribution in [2.45, 2.75) is 123 Å².